The summed E-state index contributed by atoms with van der Waals surface area (Å²) in [4.78, 5) is 0. The Balaban J connectivity index is 1.99. The maximum atomic E-state index is 5.89. The predicted molar refractivity (Wildman–Crippen MR) is 123 cm³/mol. The topological polar surface area (TPSA) is 29.8 Å². The highest BCUT2D eigenvalue weighted by Crippen LogP contribution is 2.36. The lowest BCUT2D eigenvalue weighted by Gasteiger charge is -2.25. The Morgan fingerprint density at radius 2 is 2.00 bits per heavy atom. The first-order valence-electron chi connectivity index (χ1n) is 10.2. The van der Waals surface area contributed by atoms with Crippen LogP contribution in [-0.2, 0) is 0 Å². The maximum Gasteiger partial charge on any atom is 0.121 e. The molecule has 4 nitrogen and oxygen atoms in total. The summed E-state index contributed by atoms with van der Waals surface area (Å²) in [6.07, 6.45) is 8.33. The summed E-state index contributed by atoms with van der Waals surface area (Å²) >= 11 is 0. The number of fused-ring (bicyclic) bond motifs is 1. The van der Waals surface area contributed by atoms with E-state index in [9.17, 15) is 0 Å². The molecule has 1 aromatic carbocycles. The highest BCUT2D eigenvalue weighted by Gasteiger charge is 2.26. The fraction of sp³-hybridized carbons (Fsp3) is 0.320. The molecular weight excluding hydrogens is 358 g/mol. The van der Waals surface area contributed by atoms with E-state index >= 15 is 0 Å². The van der Waals surface area contributed by atoms with Crippen molar-refractivity contribution in [1.29, 1.82) is 0 Å². The largest absolute Gasteiger partial charge is 0.491 e. The van der Waals surface area contributed by atoms with Gasteiger partial charge in [0.2, 0.25) is 0 Å². The quantitative estimate of drug-likeness (QED) is 0.515. The summed E-state index contributed by atoms with van der Waals surface area (Å²) in [5.74, 6) is 0.867. The first-order valence-corrected chi connectivity index (χ1v) is 10.2. The van der Waals surface area contributed by atoms with Crippen molar-refractivity contribution in [2.75, 3.05) is 0 Å². The number of ether oxygens (including phenoxy) is 1. The monoisotopic (exact) mass is 389 g/mol. The summed E-state index contributed by atoms with van der Waals surface area (Å²) in [5, 5.41) is 6.44. The molecular formula is C25H31N3O. The van der Waals surface area contributed by atoms with Crippen LogP contribution in [0.5, 0.6) is 5.75 Å². The van der Waals surface area contributed by atoms with Gasteiger partial charge in [0.15, 0.2) is 0 Å². The normalized spacial score (nSPS) is 13.4. The van der Waals surface area contributed by atoms with Gasteiger partial charge in [-0.25, -0.2) is 5.01 Å². The molecule has 152 valence electrons. The van der Waals surface area contributed by atoms with Crippen LogP contribution >= 0.6 is 0 Å². The lowest BCUT2D eigenvalue weighted by Crippen LogP contribution is -2.18. The van der Waals surface area contributed by atoms with Crippen LogP contribution in [-0.4, -0.2) is 21.9 Å². The molecule has 1 aliphatic rings. The Morgan fingerprint density at radius 1 is 1.24 bits per heavy atom. The van der Waals surface area contributed by atoms with E-state index in [1.807, 2.05) is 43.3 Å². The van der Waals surface area contributed by atoms with E-state index in [2.05, 4.69) is 61.8 Å². The average Bonchev–Trinajstić information content (AvgIpc) is 2.93. The summed E-state index contributed by atoms with van der Waals surface area (Å²) in [6, 6.07) is 8.20. The average molecular weight is 390 g/mol. The minimum atomic E-state index is 0.137. The molecule has 0 saturated carbocycles. The second-order valence-electron chi connectivity index (χ2n) is 7.64. The molecule has 3 rings (SSSR count). The fourth-order valence-corrected chi connectivity index (χ4v) is 3.73. The second-order valence-corrected chi connectivity index (χ2v) is 7.64. The van der Waals surface area contributed by atoms with Crippen molar-refractivity contribution in [3.05, 3.63) is 77.8 Å². The van der Waals surface area contributed by atoms with Crippen molar-refractivity contribution in [1.82, 2.24) is 9.58 Å². The number of rotatable bonds is 7. The molecule has 0 aliphatic carbocycles. The van der Waals surface area contributed by atoms with Gasteiger partial charge in [0.25, 0.3) is 0 Å². The Morgan fingerprint density at radius 3 is 2.69 bits per heavy atom. The molecule has 29 heavy (non-hydrogen) atoms. The molecule has 0 amide bonds. The number of unbranched alkanes of at least 4 members (excludes halogenated alkanes) is 1. The van der Waals surface area contributed by atoms with Crippen molar-refractivity contribution in [2.24, 2.45) is 5.10 Å². The van der Waals surface area contributed by atoms with Crippen molar-refractivity contribution in [3.8, 4) is 11.4 Å². The van der Waals surface area contributed by atoms with Crippen molar-refractivity contribution in [2.45, 2.75) is 53.6 Å². The minimum absolute atomic E-state index is 0.137. The summed E-state index contributed by atoms with van der Waals surface area (Å²) < 4.78 is 8.13. The van der Waals surface area contributed by atoms with E-state index in [1.165, 1.54) is 0 Å². The molecule has 0 bridgehead atoms. The maximum absolute atomic E-state index is 5.89. The van der Waals surface area contributed by atoms with Crippen molar-refractivity contribution < 1.29 is 4.74 Å². The van der Waals surface area contributed by atoms with Gasteiger partial charge in [0, 0.05) is 34.3 Å². The van der Waals surface area contributed by atoms with Crippen molar-refractivity contribution >= 4 is 11.9 Å². The SMILES string of the molecule is C=C(/C=C\CCC)N1N=Cc2c(c(C)n(-c3cccc(OC(C)C)c3)c2C)C1=C. The van der Waals surface area contributed by atoms with Crippen LogP contribution in [0.25, 0.3) is 11.4 Å². The van der Waals surface area contributed by atoms with Gasteiger partial charge in [-0.05, 0) is 52.3 Å². The van der Waals surface area contributed by atoms with E-state index in [1.54, 1.807) is 0 Å². The number of hydrogen-bond acceptors (Lipinski definition) is 3. The van der Waals surface area contributed by atoms with Crippen LogP contribution in [0, 0.1) is 13.8 Å². The zero-order valence-corrected chi connectivity index (χ0v) is 18.2. The molecule has 0 N–H and O–H groups in total. The third-order valence-corrected chi connectivity index (χ3v) is 5.02. The third-order valence-electron chi connectivity index (χ3n) is 5.02. The Bertz CT molecular complexity index is 992. The number of aromatic nitrogens is 1. The predicted octanol–water partition coefficient (Wildman–Crippen LogP) is 6.37. The molecule has 1 aliphatic heterocycles. The number of nitrogens with zero attached hydrogens (tertiary/aromatic N) is 3. The van der Waals surface area contributed by atoms with Gasteiger partial charge in [-0.2, -0.15) is 5.10 Å². The summed E-state index contributed by atoms with van der Waals surface area (Å²) in [6.45, 7) is 19.0. The minimum Gasteiger partial charge on any atom is -0.491 e. The molecule has 0 fully saturated rings. The van der Waals surface area contributed by atoms with Crippen LogP contribution in [0.15, 0.2) is 60.4 Å². The summed E-state index contributed by atoms with van der Waals surface area (Å²) in [7, 11) is 0. The first kappa shape index (κ1) is 20.7. The van der Waals surface area contributed by atoms with E-state index in [0.29, 0.717) is 0 Å². The fourth-order valence-electron chi connectivity index (χ4n) is 3.73. The molecule has 0 radical (unpaired) electrons. The molecule has 0 unspecified atom stereocenters. The molecule has 0 spiro atoms. The van der Waals surface area contributed by atoms with Gasteiger partial charge in [-0.15, -0.1) is 0 Å². The van der Waals surface area contributed by atoms with Gasteiger partial charge in [0.1, 0.15) is 5.75 Å². The van der Waals surface area contributed by atoms with Gasteiger partial charge >= 0.3 is 0 Å². The number of allylic oxidation sites excluding steroid dienone is 2. The molecule has 2 heterocycles. The van der Waals surface area contributed by atoms with E-state index in [-0.39, 0.29) is 6.10 Å². The molecule has 1 aromatic heterocycles. The lowest BCUT2D eigenvalue weighted by molar-refractivity contribution is 0.242. The van der Waals surface area contributed by atoms with Crippen molar-refractivity contribution in [3.63, 3.8) is 0 Å². The first-order chi connectivity index (χ1) is 13.8. The van der Waals surface area contributed by atoms with Crippen LogP contribution < -0.4 is 4.74 Å². The lowest BCUT2D eigenvalue weighted by atomic mass is 10.1. The molecule has 2 aromatic rings. The van der Waals surface area contributed by atoms with Gasteiger partial charge in [-0.1, -0.05) is 38.6 Å². The Hall–Kier alpha value is -3.01. The van der Waals surface area contributed by atoms with Gasteiger partial charge in [0.05, 0.1) is 23.7 Å². The number of benzene rings is 1. The molecule has 0 atom stereocenters. The van der Waals surface area contributed by atoms with Gasteiger partial charge in [-0.3, -0.25) is 0 Å². The Kier molecular flexibility index (Phi) is 6.12. The third kappa shape index (κ3) is 4.07. The van der Waals surface area contributed by atoms with Gasteiger partial charge < -0.3 is 9.30 Å². The summed E-state index contributed by atoms with van der Waals surface area (Å²) in [5.41, 5.74) is 7.22. The number of hydrazone groups is 1. The van der Waals surface area contributed by atoms with Crippen LogP contribution in [0.1, 0.15) is 56.1 Å². The molecule has 0 saturated heterocycles. The van der Waals surface area contributed by atoms with Crippen LogP contribution in [0.3, 0.4) is 0 Å². The zero-order chi connectivity index (χ0) is 21.1. The van der Waals surface area contributed by atoms with E-state index < -0.39 is 0 Å². The highest BCUT2D eigenvalue weighted by molar-refractivity contribution is 5.93. The second kappa shape index (κ2) is 8.56. The van der Waals surface area contributed by atoms with E-state index in [4.69, 9.17) is 4.74 Å². The van der Waals surface area contributed by atoms with Crippen LogP contribution in [0.4, 0.5) is 0 Å². The number of hydrogen-bond donors (Lipinski definition) is 0. The molecule has 4 heteroatoms. The van der Waals surface area contributed by atoms with E-state index in [0.717, 1.165) is 58.2 Å². The smallest absolute Gasteiger partial charge is 0.121 e. The zero-order valence-electron chi connectivity index (χ0n) is 18.2. The Labute approximate surface area is 174 Å². The van der Waals surface area contributed by atoms with Crippen LogP contribution in [0.2, 0.25) is 0 Å². The highest BCUT2D eigenvalue weighted by atomic mass is 16.5. The standard InChI is InChI=1S/C25H31N3O/c1-8-9-10-12-18(4)28-21(7)25-20(6)27(19(5)24(25)16-26-28)22-13-11-14-23(15-22)29-17(2)3/h10-17H,4,7-9H2,1-3,5-6H3/b12-10-.